The smallest absolute Gasteiger partial charge is 0.196 e. The number of thioether (sulfide) groups is 1. The van der Waals surface area contributed by atoms with Crippen LogP contribution in [0, 0.1) is 0 Å². The van der Waals surface area contributed by atoms with Crippen molar-refractivity contribution >= 4 is 28.9 Å². The van der Waals surface area contributed by atoms with Gasteiger partial charge in [-0.3, -0.25) is 4.57 Å². The monoisotopic (exact) mass is 523 g/mol. The molecule has 36 heavy (non-hydrogen) atoms. The van der Waals surface area contributed by atoms with Crippen LogP contribution >= 0.6 is 23.1 Å². The van der Waals surface area contributed by atoms with E-state index in [0.717, 1.165) is 48.9 Å². The average molecular weight is 524 g/mol. The molecule has 0 aliphatic carbocycles. The molecule has 0 radical (unpaired) electrons. The number of hydrogen-bond donors (Lipinski definition) is 2. The first-order valence-corrected chi connectivity index (χ1v) is 13.7. The summed E-state index contributed by atoms with van der Waals surface area (Å²) < 4.78 is 1.91. The van der Waals surface area contributed by atoms with Crippen LogP contribution in [-0.2, 0) is 5.75 Å². The summed E-state index contributed by atoms with van der Waals surface area (Å²) in [6, 6.07) is 7.20. The lowest BCUT2D eigenvalue weighted by atomic mass is 9.98. The Morgan fingerprint density at radius 2 is 1.83 bits per heavy atom. The number of aromatic hydroxyl groups is 2. The van der Waals surface area contributed by atoms with Crippen LogP contribution < -0.4 is 4.90 Å². The van der Waals surface area contributed by atoms with Crippen LogP contribution in [0.5, 0.6) is 11.5 Å². The van der Waals surface area contributed by atoms with Crippen molar-refractivity contribution in [3.05, 3.63) is 52.6 Å². The molecule has 9 nitrogen and oxygen atoms in total. The van der Waals surface area contributed by atoms with Crippen molar-refractivity contribution in [3.8, 4) is 28.6 Å². The summed E-state index contributed by atoms with van der Waals surface area (Å²) in [5.41, 5.74) is 4.83. The van der Waals surface area contributed by atoms with Gasteiger partial charge >= 0.3 is 0 Å². The molecule has 11 heteroatoms. The summed E-state index contributed by atoms with van der Waals surface area (Å²) >= 11 is 3.08. The Morgan fingerprint density at radius 1 is 1.03 bits per heavy atom. The molecule has 0 unspecified atom stereocenters. The second-order valence-electron chi connectivity index (χ2n) is 9.16. The molecule has 2 N–H and O–H groups in total. The predicted molar refractivity (Wildman–Crippen MR) is 143 cm³/mol. The summed E-state index contributed by atoms with van der Waals surface area (Å²) in [5.74, 6) is 2.16. The summed E-state index contributed by atoms with van der Waals surface area (Å²) in [4.78, 5) is 13.7. The van der Waals surface area contributed by atoms with Crippen LogP contribution in [0.4, 0.5) is 5.82 Å². The zero-order valence-electron chi connectivity index (χ0n) is 20.5. The number of thiazole rings is 1. The number of piperazine rings is 1. The number of aromatic nitrogens is 5. The summed E-state index contributed by atoms with van der Waals surface area (Å²) in [5, 5.41) is 32.7. The molecule has 0 spiro atoms. The highest BCUT2D eigenvalue weighted by Crippen LogP contribution is 2.39. The molecular weight excluding hydrogens is 494 g/mol. The van der Waals surface area contributed by atoms with Gasteiger partial charge in [-0.25, -0.2) is 9.97 Å². The van der Waals surface area contributed by atoms with Crippen molar-refractivity contribution in [2.24, 2.45) is 0 Å². The van der Waals surface area contributed by atoms with E-state index in [1.54, 1.807) is 17.4 Å². The van der Waals surface area contributed by atoms with Crippen LogP contribution in [0.15, 0.2) is 46.5 Å². The molecule has 4 heterocycles. The third kappa shape index (κ3) is 5.04. The lowest BCUT2D eigenvalue weighted by Crippen LogP contribution is -2.44. The Labute approximate surface area is 218 Å². The zero-order valence-corrected chi connectivity index (χ0v) is 22.1. The van der Waals surface area contributed by atoms with Gasteiger partial charge in [0.2, 0.25) is 0 Å². The SMILES string of the molecule is CC(C)c1cc(-c2nnc(SCc3cscn3)n2-c2ccc(N3CCN(C)CC3)nc2)c(O)cc1O. The Hall–Kier alpha value is -3.15. The number of likely N-dealkylation sites (N-methyl/N-ethyl adjacent to an activating group) is 1. The molecule has 0 bridgehead atoms. The van der Waals surface area contributed by atoms with Crippen molar-refractivity contribution in [3.63, 3.8) is 0 Å². The quantitative estimate of drug-likeness (QED) is 0.342. The van der Waals surface area contributed by atoms with Crippen LogP contribution in [0.3, 0.4) is 0 Å². The van der Waals surface area contributed by atoms with Crippen molar-refractivity contribution in [1.82, 2.24) is 29.6 Å². The topological polar surface area (TPSA) is 103 Å². The number of benzene rings is 1. The number of phenols is 2. The standard InChI is InChI=1S/C25H29N7O2S2/c1-16(2)19-10-20(22(34)11-21(19)33)24-28-29-25(36-14-17-13-35-15-27-17)32(24)18-4-5-23(26-12-18)31-8-6-30(3)7-9-31/h4-5,10-13,15-16,33-34H,6-9,14H2,1-3H3. The van der Waals surface area contributed by atoms with Gasteiger partial charge in [-0.1, -0.05) is 25.6 Å². The fourth-order valence-corrected chi connectivity index (χ4v) is 5.70. The molecule has 1 aromatic carbocycles. The number of nitrogens with zero attached hydrogens (tertiary/aromatic N) is 7. The average Bonchev–Trinajstić information content (AvgIpc) is 3.53. The number of pyridine rings is 1. The maximum absolute atomic E-state index is 10.8. The van der Waals surface area contributed by atoms with Crippen molar-refractivity contribution in [1.29, 1.82) is 0 Å². The van der Waals surface area contributed by atoms with E-state index >= 15 is 0 Å². The predicted octanol–water partition coefficient (Wildman–Crippen LogP) is 4.36. The maximum atomic E-state index is 10.8. The molecule has 1 aliphatic rings. The largest absolute Gasteiger partial charge is 0.508 e. The van der Waals surface area contributed by atoms with Gasteiger partial charge in [-0.05, 0) is 36.7 Å². The number of phenolic OH excluding ortho intramolecular Hbond substituents is 2. The van der Waals surface area contributed by atoms with E-state index in [1.165, 1.54) is 17.8 Å². The van der Waals surface area contributed by atoms with Crippen molar-refractivity contribution in [2.45, 2.75) is 30.7 Å². The van der Waals surface area contributed by atoms with E-state index in [9.17, 15) is 10.2 Å². The summed E-state index contributed by atoms with van der Waals surface area (Å²) in [7, 11) is 2.13. The van der Waals surface area contributed by atoms with Crippen LogP contribution in [0.25, 0.3) is 17.1 Å². The second-order valence-corrected chi connectivity index (χ2v) is 10.8. The van der Waals surface area contributed by atoms with Gasteiger partial charge in [0.1, 0.15) is 17.3 Å². The first kappa shape index (κ1) is 24.5. The normalized spacial score (nSPS) is 14.6. The zero-order chi connectivity index (χ0) is 25.2. The van der Waals surface area contributed by atoms with Gasteiger partial charge in [0.05, 0.1) is 28.7 Å². The molecule has 1 saturated heterocycles. The maximum Gasteiger partial charge on any atom is 0.196 e. The van der Waals surface area contributed by atoms with Crippen LogP contribution in [0.1, 0.15) is 31.0 Å². The van der Waals surface area contributed by atoms with E-state index in [0.29, 0.717) is 22.3 Å². The highest BCUT2D eigenvalue weighted by atomic mass is 32.2. The van der Waals surface area contributed by atoms with Gasteiger partial charge in [0.25, 0.3) is 0 Å². The fourth-order valence-electron chi connectivity index (χ4n) is 4.19. The highest BCUT2D eigenvalue weighted by molar-refractivity contribution is 7.98. The fraction of sp³-hybridized carbons (Fsp3) is 0.360. The lowest BCUT2D eigenvalue weighted by molar-refractivity contribution is 0.312. The first-order chi connectivity index (χ1) is 17.4. The van der Waals surface area contributed by atoms with Crippen molar-refractivity contribution in [2.75, 3.05) is 38.1 Å². The Balaban J connectivity index is 1.54. The van der Waals surface area contributed by atoms with E-state index in [1.807, 2.05) is 47.6 Å². The first-order valence-electron chi connectivity index (χ1n) is 11.8. The van der Waals surface area contributed by atoms with Gasteiger partial charge in [-0.15, -0.1) is 21.5 Å². The van der Waals surface area contributed by atoms with Crippen molar-refractivity contribution < 1.29 is 10.2 Å². The van der Waals surface area contributed by atoms with E-state index < -0.39 is 0 Å². The molecule has 1 fully saturated rings. The molecule has 5 rings (SSSR count). The molecule has 4 aromatic rings. The van der Waals surface area contributed by atoms with Crippen LogP contribution in [-0.4, -0.2) is 73.1 Å². The molecular formula is C25H29N7O2S2. The van der Waals surface area contributed by atoms with Gasteiger partial charge in [0, 0.05) is 43.4 Å². The number of hydrogen-bond acceptors (Lipinski definition) is 10. The Bertz CT molecular complexity index is 1320. The van der Waals surface area contributed by atoms with E-state index in [4.69, 9.17) is 4.98 Å². The summed E-state index contributed by atoms with van der Waals surface area (Å²) in [6.07, 6.45) is 1.83. The third-order valence-corrected chi connectivity index (χ3v) is 7.89. The molecule has 188 valence electrons. The Morgan fingerprint density at radius 3 is 2.50 bits per heavy atom. The molecule has 0 saturated carbocycles. The second kappa shape index (κ2) is 10.5. The van der Waals surface area contributed by atoms with Gasteiger partial charge in [-0.2, -0.15) is 0 Å². The minimum Gasteiger partial charge on any atom is -0.508 e. The third-order valence-electron chi connectivity index (χ3n) is 6.29. The lowest BCUT2D eigenvalue weighted by Gasteiger charge is -2.33. The molecule has 3 aromatic heterocycles. The van der Waals surface area contributed by atoms with E-state index in [-0.39, 0.29) is 17.4 Å². The molecule has 1 aliphatic heterocycles. The highest BCUT2D eigenvalue weighted by Gasteiger charge is 2.22. The number of anilines is 1. The minimum absolute atomic E-state index is 0.0522. The molecule has 0 atom stereocenters. The van der Waals surface area contributed by atoms with Gasteiger partial charge in [0.15, 0.2) is 11.0 Å². The Kier molecular flexibility index (Phi) is 7.13. The van der Waals surface area contributed by atoms with Gasteiger partial charge < -0.3 is 20.0 Å². The summed E-state index contributed by atoms with van der Waals surface area (Å²) in [6.45, 7) is 7.89. The molecule has 0 amide bonds. The number of rotatable bonds is 7. The van der Waals surface area contributed by atoms with Crippen LogP contribution in [0.2, 0.25) is 0 Å². The van der Waals surface area contributed by atoms with E-state index in [2.05, 4.69) is 32.0 Å². The minimum atomic E-state index is -0.0522.